The molecule has 1 aromatic heterocycles. The quantitative estimate of drug-likeness (QED) is 0.551. The molecule has 0 radical (unpaired) electrons. The summed E-state index contributed by atoms with van der Waals surface area (Å²) in [6.45, 7) is 3.61. The van der Waals surface area contributed by atoms with Crippen LogP contribution in [0.4, 0.5) is 4.39 Å². The summed E-state index contributed by atoms with van der Waals surface area (Å²) in [6.07, 6.45) is 7.40. The van der Waals surface area contributed by atoms with E-state index in [4.69, 9.17) is 6.42 Å². The van der Waals surface area contributed by atoms with Crippen molar-refractivity contribution in [1.82, 2.24) is 24.6 Å². The van der Waals surface area contributed by atoms with Crippen LogP contribution in [0.1, 0.15) is 18.9 Å². The molecular formula is C20H22FN5OS. The first kappa shape index (κ1) is 19.0. The molecule has 8 heteroatoms. The molecule has 0 N–H and O–H groups in total. The second-order valence-electron chi connectivity index (χ2n) is 7.04. The van der Waals surface area contributed by atoms with Crippen LogP contribution >= 0.6 is 11.8 Å². The van der Waals surface area contributed by atoms with Crippen molar-refractivity contribution in [3.63, 3.8) is 0 Å². The van der Waals surface area contributed by atoms with Crippen molar-refractivity contribution in [3.05, 3.63) is 30.1 Å². The summed E-state index contributed by atoms with van der Waals surface area (Å²) in [7, 11) is 0. The Bertz CT molecular complexity index is 896. The minimum absolute atomic E-state index is 0.0862. The van der Waals surface area contributed by atoms with Crippen molar-refractivity contribution in [3.8, 4) is 23.7 Å². The fourth-order valence-corrected chi connectivity index (χ4v) is 4.27. The molecule has 1 aliphatic carbocycles. The SMILES string of the molecule is C#CCN1CCN(C(=O)CSc2nnc(-c3ccccc3F)n2C2CC2)CC1. The molecule has 1 aromatic carbocycles. The average Bonchev–Trinajstić information content (AvgIpc) is 3.47. The van der Waals surface area contributed by atoms with E-state index in [1.54, 1.807) is 18.2 Å². The standard InChI is InChI=1S/C20H22FN5OS/c1-2-9-24-10-12-25(13-11-24)18(27)14-28-20-23-22-19(26(20)15-7-8-15)16-5-3-4-6-17(16)21/h1,3-6,15H,7-14H2. The zero-order valence-electron chi connectivity index (χ0n) is 15.6. The molecule has 0 spiro atoms. The Morgan fingerprint density at radius 3 is 2.64 bits per heavy atom. The van der Waals surface area contributed by atoms with Crippen LogP contribution in [0.25, 0.3) is 11.4 Å². The predicted molar refractivity (Wildman–Crippen MR) is 106 cm³/mol. The Morgan fingerprint density at radius 1 is 1.21 bits per heavy atom. The van der Waals surface area contributed by atoms with Gasteiger partial charge < -0.3 is 4.90 Å². The molecule has 28 heavy (non-hydrogen) atoms. The highest BCUT2D eigenvalue weighted by atomic mass is 32.2. The van der Waals surface area contributed by atoms with E-state index in [1.165, 1.54) is 17.8 Å². The van der Waals surface area contributed by atoms with E-state index in [0.717, 1.165) is 25.9 Å². The van der Waals surface area contributed by atoms with Gasteiger partial charge in [-0.15, -0.1) is 16.6 Å². The first-order chi connectivity index (χ1) is 13.7. The van der Waals surface area contributed by atoms with Gasteiger partial charge in [-0.05, 0) is 25.0 Å². The molecule has 1 saturated carbocycles. The molecular weight excluding hydrogens is 377 g/mol. The average molecular weight is 399 g/mol. The highest BCUT2D eigenvalue weighted by Gasteiger charge is 2.31. The molecule has 1 saturated heterocycles. The van der Waals surface area contributed by atoms with E-state index < -0.39 is 0 Å². The van der Waals surface area contributed by atoms with Crippen molar-refractivity contribution in [2.75, 3.05) is 38.5 Å². The minimum atomic E-state index is -0.311. The molecule has 2 aliphatic rings. The summed E-state index contributed by atoms with van der Waals surface area (Å²) in [5.41, 5.74) is 0.449. The molecule has 0 atom stereocenters. The number of carbonyl (C=O) groups excluding carboxylic acids is 1. The van der Waals surface area contributed by atoms with Gasteiger partial charge in [-0.2, -0.15) is 0 Å². The smallest absolute Gasteiger partial charge is 0.233 e. The number of hydrogen-bond donors (Lipinski definition) is 0. The van der Waals surface area contributed by atoms with Crippen molar-refractivity contribution in [2.24, 2.45) is 0 Å². The van der Waals surface area contributed by atoms with Gasteiger partial charge in [-0.1, -0.05) is 29.8 Å². The van der Waals surface area contributed by atoms with Crippen LogP contribution in [0, 0.1) is 18.2 Å². The lowest BCUT2D eigenvalue weighted by Crippen LogP contribution is -2.49. The van der Waals surface area contributed by atoms with Crippen LogP contribution in [-0.4, -0.2) is 68.9 Å². The predicted octanol–water partition coefficient (Wildman–Crippen LogP) is 2.29. The molecule has 0 unspecified atom stereocenters. The molecule has 146 valence electrons. The summed E-state index contributed by atoms with van der Waals surface area (Å²) < 4.78 is 16.2. The molecule has 4 rings (SSSR count). The third-order valence-electron chi connectivity index (χ3n) is 5.06. The topological polar surface area (TPSA) is 54.3 Å². The Hall–Kier alpha value is -2.37. The molecule has 0 bridgehead atoms. The van der Waals surface area contributed by atoms with E-state index in [2.05, 4.69) is 21.0 Å². The summed E-state index contributed by atoms with van der Waals surface area (Å²) in [4.78, 5) is 16.6. The van der Waals surface area contributed by atoms with Gasteiger partial charge in [0.15, 0.2) is 11.0 Å². The molecule has 2 aromatic rings. The number of rotatable bonds is 6. The highest BCUT2D eigenvalue weighted by Crippen LogP contribution is 2.41. The fraction of sp³-hybridized carbons (Fsp3) is 0.450. The van der Waals surface area contributed by atoms with E-state index in [1.807, 2.05) is 9.47 Å². The van der Waals surface area contributed by atoms with Crippen LogP contribution in [0.3, 0.4) is 0 Å². The van der Waals surface area contributed by atoms with Crippen LogP contribution in [-0.2, 0) is 4.79 Å². The number of piperazine rings is 1. The number of thioether (sulfide) groups is 1. The largest absolute Gasteiger partial charge is 0.339 e. The first-order valence-electron chi connectivity index (χ1n) is 9.43. The van der Waals surface area contributed by atoms with E-state index >= 15 is 0 Å². The van der Waals surface area contributed by atoms with E-state index in [-0.39, 0.29) is 17.8 Å². The maximum Gasteiger partial charge on any atom is 0.233 e. The fourth-order valence-electron chi connectivity index (χ4n) is 3.37. The second-order valence-corrected chi connectivity index (χ2v) is 7.98. The molecule has 6 nitrogen and oxygen atoms in total. The Morgan fingerprint density at radius 2 is 1.96 bits per heavy atom. The zero-order valence-corrected chi connectivity index (χ0v) is 16.4. The summed E-state index contributed by atoms with van der Waals surface area (Å²) in [5, 5.41) is 9.17. The van der Waals surface area contributed by atoms with Gasteiger partial charge in [-0.3, -0.25) is 14.3 Å². The third kappa shape index (κ3) is 4.05. The van der Waals surface area contributed by atoms with Crippen LogP contribution in [0.2, 0.25) is 0 Å². The summed E-state index contributed by atoms with van der Waals surface area (Å²) in [5.74, 6) is 3.26. The molecule has 2 fully saturated rings. The Balaban J connectivity index is 1.43. The van der Waals surface area contributed by atoms with Gasteiger partial charge in [-0.25, -0.2) is 4.39 Å². The Labute approximate surface area is 168 Å². The lowest BCUT2D eigenvalue weighted by molar-refractivity contribution is -0.129. The molecule has 1 aliphatic heterocycles. The Kier molecular flexibility index (Phi) is 5.64. The number of hydrogen-bond acceptors (Lipinski definition) is 5. The maximum absolute atomic E-state index is 14.2. The second kappa shape index (κ2) is 8.33. The molecule has 1 amide bonds. The minimum Gasteiger partial charge on any atom is -0.339 e. The van der Waals surface area contributed by atoms with Crippen LogP contribution in [0.15, 0.2) is 29.4 Å². The maximum atomic E-state index is 14.2. The van der Waals surface area contributed by atoms with Crippen molar-refractivity contribution >= 4 is 17.7 Å². The van der Waals surface area contributed by atoms with Gasteiger partial charge in [0.25, 0.3) is 0 Å². The third-order valence-corrected chi connectivity index (χ3v) is 5.98. The van der Waals surface area contributed by atoms with Gasteiger partial charge >= 0.3 is 0 Å². The normalized spacial score (nSPS) is 17.5. The number of benzene rings is 1. The van der Waals surface area contributed by atoms with Crippen molar-refractivity contribution in [2.45, 2.75) is 24.0 Å². The number of nitrogens with zero attached hydrogens (tertiary/aromatic N) is 5. The van der Waals surface area contributed by atoms with Gasteiger partial charge in [0.2, 0.25) is 5.91 Å². The summed E-state index contributed by atoms with van der Waals surface area (Å²) in [6, 6.07) is 6.88. The van der Waals surface area contributed by atoms with Gasteiger partial charge in [0.05, 0.1) is 17.9 Å². The van der Waals surface area contributed by atoms with Gasteiger partial charge in [0.1, 0.15) is 5.82 Å². The number of halogens is 1. The number of aromatic nitrogens is 3. The highest BCUT2D eigenvalue weighted by molar-refractivity contribution is 7.99. The number of amides is 1. The van der Waals surface area contributed by atoms with Crippen LogP contribution in [0.5, 0.6) is 0 Å². The monoisotopic (exact) mass is 399 g/mol. The summed E-state index contributed by atoms with van der Waals surface area (Å²) >= 11 is 1.38. The first-order valence-corrected chi connectivity index (χ1v) is 10.4. The zero-order chi connectivity index (χ0) is 19.5. The lowest BCUT2D eigenvalue weighted by atomic mass is 10.2. The number of carbonyl (C=O) groups is 1. The van der Waals surface area contributed by atoms with E-state index in [9.17, 15) is 9.18 Å². The van der Waals surface area contributed by atoms with Gasteiger partial charge in [0, 0.05) is 32.2 Å². The van der Waals surface area contributed by atoms with Crippen molar-refractivity contribution < 1.29 is 9.18 Å². The molecule has 2 heterocycles. The van der Waals surface area contributed by atoms with E-state index in [0.29, 0.717) is 41.9 Å². The van der Waals surface area contributed by atoms with Crippen LogP contribution < -0.4 is 0 Å². The van der Waals surface area contributed by atoms with Crippen molar-refractivity contribution in [1.29, 1.82) is 0 Å². The number of terminal acetylenes is 1. The lowest BCUT2D eigenvalue weighted by Gasteiger charge is -2.33.